The standard InChI is InChI=1S/C12H11F3N4O4S/c13-12(14,15)6-22-9-4-3-8(5-16-9)24(20,21)19-11-17-10(23-18-11)7-1-2-7/h3-5,7H,1-2,6H2,(H,18,19). The maximum atomic E-state index is 12.1. The highest BCUT2D eigenvalue weighted by molar-refractivity contribution is 7.92. The van der Waals surface area contributed by atoms with Crippen LogP contribution in [0.1, 0.15) is 24.7 Å². The molecule has 1 fully saturated rings. The van der Waals surface area contributed by atoms with Crippen LogP contribution in [0.2, 0.25) is 0 Å². The molecule has 130 valence electrons. The fourth-order valence-corrected chi connectivity index (χ4v) is 2.60. The SMILES string of the molecule is O=S(=O)(Nc1noc(C2CC2)n1)c1ccc(OCC(F)(F)F)nc1. The van der Waals surface area contributed by atoms with E-state index in [1.165, 1.54) is 0 Å². The van der Waals surface area contributed by atoms with Crippen LogP contribution >= 0.6 is 0 Å². The van der Waals surface area contributed by atoms with Gasteiger partial charge in [0.25, 0.3) is 16.0 Å². The largest absolute Gasteiger partial charge is 0.468 e. The molecule has 0 spiro atoms. The number of halogens is 3. The van der Waals surface area contributed by atoms with Crippen molar-refractivity contribution in [2.24, 2.45) is 0 Å². The monoisotopic (exact) mass is 364 g/mol. The normalized spacial score (nSPS) is 15.3. The quantitative estimate of drug-likeness (QED) is 0.836. The molecule has 1 aliphatic carbocycles. The highest BCUT2D eigenvalue weighted by Crippen LogP contribution is 2.39. The molecule has 1 aliphatic rings. The third-order valence-electron chi connectivity index (χ3n) is 3.00. The van der Waals surface area contributed by atoms with E-state index in [1.807, 2.05) is 0 Å². The Bertz CT molecular complexity index is 816. The lowest BCUT2D eigenvalue weighted by molar-refractivity contribution is -0.154. The first-order chi connectivity index (χ1) is 11.2. The Hall–Kier alpha value is -2.37. The molecule has 2 heterocycles. The molecule has 1 N–H and O–H groups in total. The molecule has 0 aromatic carbocycles. The van der Waals surface area contributed by atoms with Gasteiger partial charge < -0.3 is 9.26 Å². The van der Waals surface area contributed by atoms with E-state index in [-0.39, 0.29) is 22.6 Å². The van der Waals surface area contributed by atoms with Gasteiger partial charge in [-0.1, -0.05) is 0 Å². The summed E-state index contributed by atoms with van der Waals surface area (Å²) in [6, 6.07) is 2.08. The van der Waals surface area contributed by atoms with Crippen molar-refractivity contribution in [3.05, 3.63) is 24.2 Å². The minimum Gasteiger partial charge on any atom is -0.468 e. The molecule has 1 saturated carbocycles. The minimum atomic E-state index is -4.51. The van der Waals surface area contributed by atoms with Crippen LogP contribution in [0.3, 0.4) is 0 Å². The molecule has 8 nitrogen and oxygen atoms in total. The molecule has 3 rings (SSSR count). The van der Waals surface area contributed by atoms with E-state index in [9.17, 15) is 21.6 Å². The number of rotatable bonds is 6. The van der Waals surface area contributed by atoms with Gasteiger partial charge in [-0.25, -0.2) is 18.1 Å². The molecule has 2 aromatic rings. The number of hydrogen-bond donors (Lipinski definition) is 1. The third-order valence-corrected chi connectivity index (χ3v) is 4.31. The minimum absolute atomic E-state index is 0.169. The summed E-state index contributed by atoms with van der Waals surface area (Å²) in [6.45, 7) is -1.52. The molecular weight excluding hydrogens is 353 g/mol. The smallest absolute Gasteiger partial charge is 0.422 e. The first-order valence-corrected chi connectivity index (χ1v) is 8.23. The topological polar surface area (TPSA) is 107 Å². The molecule has 0 atom stereocenters. The molecule has 0 aliphatic heterocycles. The van der Waals surface area contributed by atoms with Crippen molar-refractivity contribution in [2.45, 2.75) is 29.8 Å². The molecule has 2 aromatic heterocycles. The van der Waals surface area contributed by atoms with Gasteiger partial charge in [0, 0.05) is 12.0 Å². The first-order valence-electron chi connectivity index (χ1n) is 6.75. The predicted octanol–water partition coefficient (Wildman–Crippen LogP) is 2.08. The fourth-order valence-electron chi connectivity index (χ4n) is 1.72. The van der Waals surface area contributed by atoms with E-state index >= 15 is 0 Å². The van der Waals surface area contributed by atoms with Gasteiger partial charge >= 0.3 is 6.18 Å². The number of anilines is 1. The second kappa shape index (κ2) is 5.92. The summed E-state index contributed by atoms with van der Waals surface area (Å²) in [5.74, 6) is -0.0274. The van der Waals surface area contributed by atoms with Crippen molar-refractivity contribution in [1.82, 2.24) is 15.1 Å². The average molecular weight is 364 g/mol. The summed E-state index contributed by atoms with van der Waals surface area (Å²) in [5.41, 5.74) is 0. The lowest BCUT2D eigenvalue weighted by Gasteiger charge is -2.08. The van der Waals surface area contributed by atoms with Crippen molar-refractivity contribution in [3.8, 4) is 5.88 Å². The summed E-state index contributed by atoms with van der Waals surface area (Å²) in [7, 11) is -4.04. The van der Waals surface area contributed by atoms with Crippen LogP contribution in [-0.2, 0) is 10.0 Å². The van der Waals surface area contributed by atoms with Crippen molar-refractivity contribution in [2.75, 3.05) is 11.3 Å². The van der Waals surface area contributed by atoms with E-state index in [2.05, 4.69) is 24.6 Å². The number of hydrogen-bond acceptors (Lipinski definition) is 7. The number of alkyl halides is 3. The van der Waals surface area contributed by atoms with Crippen molar-refractivity contribution in [3.63, 3.8) is 0 Å². The lowest BCUT2D eigenvalue weighted by Crippen LogP contribution is -2.20. The molecule has 0 radical (unpaired) electrons. The number of ether oxygens (including phenoxy) is 1. The Morgan fingerprint density at radius 1 is 1.33 bits per heavy atom. The van der Waals surface area contributed by atoms with Gasteiger partial charge in [-0.05, 0) is 24.1 Å². The van der Waals surface area contributed by atoms with Crippen LogP contribution in [0, 0.1) is 0 Å². The molecule has 0 amide bonds. The second-order valence-electron chi connectivity index (χ2n) is 5.07. The van der Waals surface area contributed by atoms with Gasteiger partial charge in [-0.15, -0.1) is 0 Å². The average Bonchev–Trinajstić information content (AvgIpc) is 3.25. The number of pyridine rings is 1. The van der Waals surface area contributed by atoms with Gasteiger partial charge in [0.05, 0.1) is 6.20 Å². The predicted molar refractivity (Wildman–Crippen MR) is 72.9 cm³/mol. The first kappa shape index (κ1) is 16.5. The zero-order valence-corrected chi connectivity index (χ0v) is 12.8. The Labute approximate surface area is 134 Å². The number of sulfonamides is 1. The summed E-state index contributed by atoms with van der Waals surface area (Å²) in [4.78, 5) is 7.17. The van der Waals surface area contributed by atoms with Crippen molar-refractivity contribution < 1.29 is 30.8 Å². The number of nitrogens with one attached hydrogen (secondary N) is 1. The molecule has 0 unspecified atom stereocenters. The summed E-state index contributed by atoms with van der Waals surface area (Å²) in [6.07, 6.45) is -1.81. The number of aromatic nitrogens is 3. The maximum Gasteiger partial charge on any atom is 0.422 e. The van der Waals surface area contributed by atoms with E-state index < -0.39 is 22.8 Å². The number of nitrogens with zero attached hydrogens (tertiary/aromatic N) is 3. The van der Waals surface area contributed by atoms with Crippen LogP contribution in [0.15, 0.2) is 27.7 Å². The van der Waals surface area contributed by atoms with Gasteiger partial charge in [-0.3, -0.25) is 0 Å². The van der Waals surface area contributed by atoms with Gasteiger partial charge in [0.15, 0.2) is 6.61 Å². The van der Waals surface area contributed by atoms with Crippen LogP contribution in [0.4, 0.5) is 19.1 Å². The van der Waals surface area contributed by atoms with E-state index in [1.54, 1.807) is 0 Å². The van der Waals surface area contributed by atoms with E-state index in [0.717, 1.165) is 31.2 Å². The second-order valence-corrected chi connectivity index (χ2v) is 6.75. The fraction of sp³-hybridized carbons (Fsp3) is 0.417. The van der Waals surface area contributed by atoms with E-state index in [0.29, 0.717) is 5.89 Å². The Kier molecular flexibility index (Phi) is 4.07. The van der Waals surface area contributed by atoms with Gasteiger partial charge in [0.2, 0.25) is 11.8 Å². The lowest BCUT2D eigenvalue weighted by atomic mass is 10.4. The van der Waals surface area contributed by atoms with Gasteiger partial charge in [-0.2, -0.15) is 18.2 Å². The van der Waals surface area contributed by atoms with Gasteiger partial charge in [0.1, 0.15) is 4.90 Å². The maximum absolute atomic E-state index is 12.1. The molecule has 12 heteroatoms. The van der Waals surface area contributed by atoms with Crippen LogP contribution in [-0.4, -0.2) is 36.3 Å². The van der Waals surface area contributed by atoms with E-state index in [4.69, 9.17) is 4.52 Å². The van der Waals surface area contributed by atoms with Crippen molar-refractivity contribution in [1.29, 1.82) is 0 Å². The Morgan fingerprint density at radius 2 is 2.08 bits per heavy atom. The molecular formula is C12H11F3N4O4S. The van der Waals surface area contributed by atoms with Crippen LogP contribution in [0.5, 0.6) is 5.88 Å². The van der Waals surface area contributed by atoms with Crippen LogP contribution in [0.25, 0.3) is 0 Å². The summed E-state index contributed by atoms with van der Waals surface area (Å²) < 4.78 is 71.8. The zero-order valence-electron chi connectivity index (χ0n) is 11.9. The highest BCUT2D eigenvalue weighted by atomic mass is 32.2. The molecule has 0 bridgehead atoms. The Morgan fingerprint density at radius 3 is 2.67 bits per heavy atom. The Balaban J connectivity index is 1.67. The van der Waals surface area contributed by atoms with Crippen LogP contribution < -0.4 is 9.46 Å². The molecule has 24 heavy (non-hydrogen) atoms. The van der Waals surface area contributed by atoms with Crippen molar-refractivity contribution >= 4 is 16.0 Å². The summed E-state index contributed by atoms with van der Waals surface area (Å²) in [5, 5.41) is 3.52. The zero-order chi connectivity index (χ0) is 17.4. The third kappa shape index (κ3) is 4.13. The summed E-state index contributed by atoms with van der Waals surface area (Å²) >= 11 is 0. The highest BCUT2D eigenvalue weighted by Gasteiger charge is 2.31. The molecule has 0 saturated heterocycles.